The zero-order valence-electron chi connectivity index (χ0n) is 50.4. The zero-order chi connectivity index (χ0) is 61.6. The number of amides is 2. The molecule has 25 heteroatoms. The van der Waals surface area contributed by atoms with Crippen LogP contribution in [-0.2, 0) is 52.2 Å². The van der Waals surface area contributed by atoms with Gasteiger partial charge in [-0.2, -0.15) is 0 Å². The van der Waals surface area contributed by atoms with Gasteiger partial charge in [-0.3, -0.25) is 28.7 Å². The van der Waals surface area contributed by atoms with Crippen LogP contribution >= 0.6 is 23.2 Å². The molecule has 0 aliphatic carbocycles. The second kappa shape index (κ2) is 37.2. The Morgan fingerprint density at radius 3 is 1.11 bits per heavy atom. The monoisotopic (exact) mass is 1240 g/mol. The molecule has 2 aliphatic rings. The predicted octanol–water partition coefficient (Wildman–Crippen LogP) is 7.46. The van der Waals surface area contributed by atoms with E-state index < -0.39 is 12.1 Å². The number of halogens is 2. The van der Waals surface area contributed by atoms with Crippen LogP contribution in [0.5, 0.6) is 11.5 Å². The summed E-state index contributed by atoms with van der Waals surface area (Å²) >= 11 is 12.3. The van der Waals surface area contributed by atoms with Gasteiger partial charge in [0.1, 0.15) is 35.2 Å². The lowest BCUT2D eigenvalue weighted by Crippen LogP contribution is -2.29. The van der Waals surface area contributed by atoms with Crippen molar-refractivity contribution in [2.75, 3.05) is 146 Å². The Morgan fingerprint density at radius 2 is 0.770 bits per heavy atom. The Labute approximate surface area is 518 Å². The molecule has 23 nitrogen and oxygen atoms in total. The van der Waals surface area contributed by atoms with Crippen molar-refractivity contribution in [3.63, 3.8) is 0 Å². The van der Waals surface area contributed by atoms with Crippen molar-refractivity contribution < 1.29 is 61.7 Å². The number of aromatic nitrogens is 6. The topological polar surface area (TPSA) is 246 Å². The Kier molecular flexibility index (Phi) is 29.0. The molecule has 2 amide bonds. The van der Waals surface area contributed by atoms with Crippen LogP contribution in [-0.4, -0.2) is 199 Å². The number of aliphatic imine (C=N–C) groups is 2. The summed E-state index contributed by atoms with van der Waals surface area (Å²) in [4.78, 5) is 36.0. The molecule has 2 N–H and O–H groups in total. The normalized spacial score (nSPS) is 14.0. The molecule has 6 aromatic rings. The van der Waals surface area contributed by atoms with Crippen molar-refractivity contribution in [2.45, 2.75) is 52.6 Å². The molecule has 4 aromatic carbocycles. The van der Waals surface area contributed by atoms with Crippen molar-refractivity contribution in [1.29, 1.82) is 0 Å². The highest BCUT2D eigenvalue weighted by atomic mass is 35.5. The molecule has 0 radical (unpaired) electrons. The van der Waals surface area contributed by atoms with Gasteiger partial charge in [0, 0.05) is 58.6 Å². The summed E-state index contributed by atoms with van der Waals surface area (Å²) < 4.78 is 64.0. The van der Waals surface area contributed by atoms with Crippen LogP contribution in [0.1, 0.15) is 84.3 Å². The van der Waals surface area contributed by atoms with Gasteiger partial charge in [0.2, 0.25) is 11.8 Å². The quantitative estimate of drug-likeness (QED) is 0.0359. The summed E-state index contributed by atoms with van der Waals surface area (Å²) in [6.45, 7) is 17.5. The first-order valence-electron chi connectivity index (χ1n) is 29.1. The number of ether oxygens (including phenoxy) is 11. The van der Waals surface area contributed by atoms with Crippen molar-refractivity contribution >= 4 is 46.4 Å². The van der Waals surface area contributed by atoms with E-state index in [9.17, 15) is 9.59 Å². The van der Waals surface area contributed by atoms with Crippen LogP contribution in [0.15, 0.2) is 94.9 Å². The maximum atomic E-state index is 13.1. The Balaban J connectivity index is 0.000000278. The molecule has 0 bridgehead atoms. The lowest BCUT2D eigenvalue weighted by atomic mass is 10.00. The fourth-order valence-corrected chi connectivity index (χ4v) is 9.45. The average molecular weight is 1240 g/mol. The standard InChI is InChI=1S/C38H54ClN5O10.C24H26ClN5O3/c1-4-47-13-14-49-17-18-51-21-22-53-25-26-54-24-23-52-20-19-50-16-15-48-12-11-40-36(45)28-34-38-43-42-29(2)44(38)35-10-9-32(46-3)27-33(35)37(41-34)30-5-7-31(39)8-6-30;1-4-33-12-11-26-22(31)14-20-24-29-28-15(2)30(24)21-10-9-18(32-3)13-19(21)23(27-20)16-5-7-17(25)8-6-16/h5-10,27,34H,4,11-26,28H2,1-3H3,(H,40,45);5-10,13,20H,4,11-12,14H2,1-3H3,(H,26,31)/t34-;20-/m00/s1. The molecule has 0 spiro atoms. The largest absolute Gasteiger partial charge is 0.497 e. The molecule has 8 rings (SSSR count). The van der Waals surface area contributed by atoms with Gasteiger partial charge in [-0.25, -0.2) is 0 Å². The average Bonchev–Trinajstić information content (AvgIpc) is 1.72. The molecule has 0 unspecified atom stereocenters. The smallest absolute Gasteiger partial charge is 0.222 e. The number of hydrogen-bond donors (Lipinski definition) is 2. The minimum Gasteiger partial charge on any atom is -0.497 e. The number of hydrogen-bond acceptors (Lipinski definition) is 19. The maximum Gasteiger partial charge on any atom is 0.222 e. The molecular formula is C62H80Cl2N10O13. The summed E-state index contributed by atoms with van der Waals surface area (Å²) in [5.41, 5.74) is 6.60. The Morgan fingerprint density at radius 1 is 0.448 bits per heavy atom. The molecule has 470 valence electrons. The highest BCUT2D eigenvalue weighted by Gasteiger charge is 2.32. The number of aryl methyl sites for hydroxylation is 2. The second-order valence-electron chi connectivity index (χ2n) is 19.4. The summed E-state index contributed by atoms with van der Waals surface area (Å²) in [6.07, 6.45) is 0.206. The van der Waals surface area contributed by atoms with Gasteiger partial charge in [-0.1, -0.05) is 47.5 Å². The summed E-state index contributed by atoms with van der Waals surface area (Å²) in [5, 5.41) is 24.5. The van der Waals surface area contributed by atoms with Crippen LogP contribution < -0.4 is 20.1 Å². The lowest BCUT2D eigenvalue weighted by molar-refractivity contribution is -0.122. The fourth-order valence-electron chi connectivity index (χ4n) is 9.20. The molecule has 87 heavy (non-hydrogen) atoms. The van der Waals surface area contributed by atoms with E-state index in [0.717, 1.165) is 39.3 Å². The van der Waals surface area contributed by atoms with Crippen LogP contribution in [0.3, 0.4) is 0 Å². The van der Waals surface area contributed by atoms with E-state index in [1.54, 1.807) is 14.2 Å². The van der Waals surface area contributed by atoms with E-state index >= 15 is 0 Å². The van der Waals surface area contributed by atoms with E-state index in [-0.39, 0.29) is 24.7 Å². The number of methoxy groups -OCH3 is 2. The fraction of sp³-hybridized carbons (Fsp3) is 0.484. The van der Waals surface area contributed by atoms with Crippen molar-refractivity contribution in [2.24, 2.45) is 9.98 Å². The summed E-state index contributed by atoms with van der Waals surface area (Å²) in [6, 6.07) is 25.4. The first-order chi connectivity index (χ1) is 42.5. The van der Waals surface area contributed by atoms with Crippen LogP contribution in [0.2, 0.25) is 10.0 Å². The number of rotatable bonds is 37. The zero-order valence-corrected chi connectivity index (χ0v) is 51.9. The van der Waals surface area contributed by atoms with Gasteiger partial charge in [0.25, 0.3) is 0 Å². The minimum absolute atomic E-state index is 0.0742. The second-order valence-corrected chi connectivity index (χ2v) is 20.3. The molecule has 0 saturated carbocycles. The highest BCUT2D eigenvalue weighted by Crippen LogP contribution is 2.36. The first-order valence-corrected chi connectivity index (χ1v) is 29.9. The Hall–Kier alpha value is -6.74. The Bertz CT molecular complexity index is 3130. The van der Waals surface area contributed by atoms with Crippen molar-refractivity contribution in [1.82, 2.24) is 40.2 Å². The van der Waals surface area contributed by atoms with E-state index in [1.165, 1.54) is 0 Å². The van der Waals surface area contributed by atoms with Crippen LogP contribution in [0, 0.1) is 13.8 Å². The molecule has 0 saturated heterocycles. The van der Waals surface area contributed by atoms with E-state index in [4.69, 9.17) is 85.3 Å². The molecular weight excluding hydrogens is 1160 g/mol. The number of carbonyl (C=O) groups excluding carboxylic acids is 2. The third kappa shape index (κ3) is 21.0. The van der Waals surface area contributed by atoms with E-state index in [0.29, 0.717) is 183 Å². The van der Waals surface area contributed by atoms with Crippen LogP contribution in [0.4, 0.5) is 0 Å². The van der Waals surface area contributed by atoms with Gasteiger partial charge < -0.3 is 62.7 Å². The van der Waals surface area contributed by atoms with E-state index in [1.807, 2.05) is 122 Å². The van der Waals surface area contributed by atoms with Gasteiger partial charge in [-0.05, 0) is 88.4 Å². The first kappa shape index (κ1) is 67.8. The van der Waals surface area contributed by atoms with Crippen molar-refractivity contribution in [3.05, 3.63) is 141 Å². The third-order valence-electron chi connectivity index (χ3n) is 13.4. The maximum absolute atomic E-state index is 13.1. The molecule has 0 fully saturated rings. The predicted molar refractivity (Wildman–Crippen MR) is 329 cm³/mol. The number of fused-ring (bicyclic) bond motifs is 6. The lowest BCUT2D eigenvalue weighted by Gasteiger charge is -2.14. The number of nitrogens with zero attached hydrogens (tertiary/aromatic N) is 8. The number of nitrogens with one attached hydrogen (secondary N) is 2. The van der Waals surface area contributed by atoms with E-state index in [2.05, 4.69) is 31.0 Å². The number of benzene rings is 4. The summed E-state index contributed by atoms with van der Waals surface area (Å²) in [7, 11) is 3.25. The highest BCUT2D eigenvalue weighted by molar-refractivity contribution is 6.31. The molecule has 2 aromatic heterocycles. The molecule has 4 heterocycles. The van der Waals surface area contributed by atoms with Gasteiger partial charge in [0.15, 0.2) is 11.6 Å². The van der Waals surface area contributed by atoms with Gasteiger partial charge in [0.05, 0.1) is 156 Å². The third-order valence-corrected chi connectivity index (χ3v) is 13.9. The molecule has 2 atom stereocenters. The molecule has 2 aliphatic heterocycles. The van der Waals surface area contributed by atoms with Crippen molar-refractivity contribution in [3.8, 4) is 22.9 Å². The minimum atomic E-state index is -0.587. The number of carbonyl (C=O) groups is 2. The van der Waals surface area contributed by atoms with Crippen LogP contribution in [0.25, 0.3) is 11.4 Å². The van der Waals surface area contributed by atoms with Gasteiger partial charge in [-0.15, -0.1) is 20.4 Å². The summed E-state index contributed by atoms with van der Waals surface area (Å²) in [5.74, 6) is 3.67. The van der Waals surface area contributed by atoms with Gasteiger partial charge >= 0.3 is 0 Å². The SMILES string of the molecule is CCOCCNC(=O)C[C@@H]1N=C(c2ccc(Cl)cc2)c2cc(OC)ccc2-n2c(C)nnc21.CCOCCOCCOCCOCCOCCOCCOCCOCCNC(=O)C[C@@H]1N=C(c2ccc(Cl)cc2)c2cc(OC)ccc2-n2c(C)nnc21.